The van der Waals surface area contributed by atoms with Gasteiger partial charge in [0.2, 0.25) is 0 Å². The Bertz CT molecular complexity index is 508. The minimum absolute atomic E-state index is 0.0606. The van der Waals surface area contributed by atoms with Crippen molar-refractivity contribution in [1.82, 2.24) is 14.3 Å². The zero-order valence-electron chi connectivity index (χ0n) is 12.2. The first-order chi connectivity index (χ1) is 8.81. The van der Waals surface area contributed by atoms with Crippen molar-refractivity contribution in [2.45, 2.75) is 45.4 Å². The van der Waals surface area contributed by atoms with Gasteiger partial charge in [-0.1, -0.05) is 13.8 Å². The van der Waals surface area contributed by atoms with Crippen LogP contribution in [0, 0.1) is 12.8 Å². The van der Waals surface area contributed by atoms with Crippen molar-refractivity contribution in [2.24, 2.45) is 5.92 Å². The quantitative estimate of drug-likeness (QED) is 0.817. The molecule has 1 unspecified atom stereocenters. The lowest BCUT2D eigenvalue weighted by molar-refractivity contribution is 0.0691. The minimum Gasteiger partial charge on any atom is -0.380 e. The Labute approximate surface area is 115 Å². The third-order valence-corrected chi connectivity index (χ3v) is 4.38. The normalized spacial score (nSPS) is 14.0. The number of nitrogens with one attached hydrogen (secondary N) is 1. The summed E-state index contributed by atoms with van der Waals surface area (Å²) in [6.45, 7) is 8.64. The summed E-state index contributed by atoms with van der Waals surface area (Å²) in [6, 6.07) is 0. The lowest BCUT2D eigenvalue weighted by Crippen LogP contribution is -2.36. The molecule has 0 aromatic carbocycles. The van der Waals surface area contributed by atoms with Gasteiger partial charge in [-0.2, -0.15) is 0 Å². The number of ether oxygens (including phenoxy) is 1. The fraction of sp³-hybridized carbons (Fsp3) is 0.750. The zero-order chi connectivity index (χ0) is 14.6. The highest BCUT2D eigenvalue weighted by Crippen LogP contribution is 2.10. The fourth-order valence-electron chi connectivity index (χ4n) is 1.79. The maximum Gasteiger partial charge on any atom is 0.259 e. The molecule has 0 aliphatic heterocycles. The van der Waals surface area contributed by atoms with Gasteiger partial charge in [-0.05, 0) is 19.8 Å². The summed E-state index contributed by atoms with van der Waals surface area (Å²) in [7, 11) is -1.99. The van der Waals surface area contributed by atoms with Crippen molar-refractivity contribution in [1.29, 1.82) is 0 Å². The second kappa shape index (κ2) is 6.49. The van der Waals surface area contributed by atoms with E-state index in [1.54, 1.807) is 24.8 Å². The third kappa shape index (κ3) is 4.02. The highest BCUT2D eigenvalue weighted by molar-refractivity contribution is 7.89. The molecule has 19 heavy (non-hydrogen) atoms. The number of methoxy groups -OCH3 is 1. The summed E-state index contributed by atoms with van der Waals surface area (Å²) in [5, 5.41) is 0.0606. The summed E-state index contributed by atoms with van der Waals surface area (Å²) in [6.07, 6.45) is 1.40. The lowest BCUT2D eigenvalue weighted by Gasteiger charge is -2.19. The fourth-order valence-corrected chi connectivity index (χ4v) is 2.84. The number of rotatable bonds is 7. The highest BCUT2D eigenvalue weighted by atomic mass is 32.2. The van der Waals surface area contributed by atoms with Crippen LogP contribution in [0.3, 0.4) is 0 Å². The number of nitrogens with zero attached hydrogens (tertiary/aromatic N) is 2. The van der Waals surface area contributed by atoms with Gasteiger partial charge in [-0.25, -0.2) is 18.1 Å². The Morgan fingerprint density at radius 1 is 1.47 bits per heavy atom. The first kappa shape index (κ1) is 16.1. The summed E-state index contributed by atoms with van der Waals surface area (Å²) < 4.78 is 33.8. The summed E-state index contributed by atoms with van der Waals surface area (Å²) in [4.78, 5) is 4.07. The zero-order valence-corrected chi connectivity index (χ0v) is 13.0. The molecule has 0 aliphatic carbocycles. The molecule has 1 rings (SSSR count). The molecule has 0 spiro atoms. The van der Waals surface area contributed by atoms with E-state index in [1.165, 1.54) is 0 Å². The second-order valence-corrected chi connectivity index (χ2v) is 6.50. The predicted octanol–water partition coefficient (Wildman–Crippen LogP) is 1.16. The van der Waals surface area contributed by atoms with Crippen molar-refractivity contribution in [3.8, 4) is 0 Å². The standard InChI is InChI=1S/C12H23N3O3S/c1-6-15-8-12(14-10(15)4)19(16,17)13-7-11(18-5)9(2)3/h8-9,11,13H,6-7H2,1-5H3. The molecule has 0 saturated carbocycles. The number of hydrogen-bond donors (Lipinski definition) is 1. The average molecular weight is 289 g/mol. The predicted molar refractivity (Wildman–Crippen MR) is 73.5 cm³/mol. The molecular weight excluding hydrogens is 266 g/mol. The molecule has 0 saturated heterocycles. The number of sulfonamides is 1. The number of aryl methyl sites for hydroxylation is 2. The van der Waals surface area contributed by atoms with Gasteiger partial charge in [-0.15, -0.1) is 0 Å². The van der Waals surface area contributed by atoms with Crippen LogP contribution in [0.5, 0.6) is 0 Å². The van der Waals surface area contributed by atoms with Gasteiger partial charge in [0.05, 0.1) is 6.10 Å². The number of hydrogen-bond acceptors (Lipinski definition) is 4. The van der Waals surface area contributed by atoms with Crippen LogP contribution < -0.4 is 4.72 Å². The van der Waals surface area contributed by atoms with E-state index in [1.807, 2.05) is 20.8 Å². The smallest absolute Gasteiger partial charge is 0.259 e. The van der Waals surface area contributed by atoms with Crippen LogP contribution in [0.2, 0.25) is 0 Å². The van der Waals surface area contributed by atoms with Crippen LogP contribution in [0.4, 0.5) is 0 Å². The molecule has 1 atom stereocenters. The maximum absolute atomic E-state index is 12.1. The Kier molecular flexibility index (Phi) is 5.51. The van der Waals surface area contributed by atoms with Crippen molar-refractivity contribution in [3.05, 3.63) is 12.0 Å². The molecule has 0 bridgehead atoms. The van der Waals surface area contributed by atoms with E-state index < -0.39 is 10.0 Å². The molecular formula is C12H23N3O3S. The average Bonchev–Trinajstić information content (AvgIpc) is 2.71. The number of aromatic nitrogens is 2. The molecule has 0 fully saturated rings. The Morgan fingerprint density at radius 3 is 2.53 bits per heavy atom. The van der Waals surface area contributed by atoms with E-state index in [-0.39, 0.29) is 23.6 Å². The third-order valence-electron chi connectivity index (χ3n) is 3.09. The van der Waals surface area contributed by atoms with E-state index in [4.69, 9.17) is 4.74 Å². The Morgan fingerprint density at radius 2 is 2.11 bits per heavy atom. The Balaban J connectivity index is 2.80. The van der Waals surface area contributed by atoms with Gasteiger partial charge in [0, 0.05) is 26.4 Å². The second-order valence-electron chi connectivity index (χ2n) is 4.78. The van der Waals surface area contributed by atoms with Crippen molar-refractivity contribution < 1.29 is 13.2 Å². The van der Waals surface area contributed by atoms with Crippen LogP contribution in [-0.4, -0.2) is 37.7 Å². The van der Waals surface area contributed by atoms with Crippen LogP contribution in [0.25, 0.3) is 0 Å². The highest BCUT2D eigenvalue weighted by Gasteiger charge is 2.21. The van der Waals surface area contributed by atoms with E-state index >= 15 is 0 Å². The molecule has 1 aromatic rings. The number of imidazole rings is 1. The molecule has 1 heterocycles. The molecule has 110 valence electrons. The van der Waals surface area contributed by atoms with Crippen LogP contribution >= 0.6 is 0 Å². The largest absolute Gasteiger partial charge is 0.380 e. The first-order valence-electron chi connectivity index (χ1n) is 6.38. The molecule has 1 aromatic heterocycles. The van der Waals surface area contributed by atoms with Crippen molar-refractivity contribution in [2.75, 3.05) is 13.7 Å². The van der Waals surface area contributed by atoms with E-state index in [0.29, 0.717) is 12.4 Å². The maximum atomic E-state index is 12.1. The van der Waals surface area contributed by atoms with Crippen LogP contribution in [-0.2, 0) is 21.3 Å². The van der Waals surface area contributed by atoms with Crippen LogP contribution in [0.15, 0.2) is 11.2 Å². The molecule has 0 amide bonds. The SMILES string of the molecule is CCn1cc(S(=O)(=O)NCC(OC)C(C)C)nc1C. The first-order valence-corrected chi connectivity index (χ1v) is 7.86. The molecule has 1 N–H and O–H groups in total. The van der Waals surface area contributed by atoms with Crippen molar-refractivity contribution >= 4 is 10.0 Å². The topological polar surface area (TPSA) is 73.2 Å². The van der Waals surface area contributed by atoms with Gasteiger partial charge in [0.1, 0.15) is 5.82 Å². The minimum atomic E-state index is -3.57. The molecule has 0 radical (unpaired) electrons. The molecule has 7 heteroatoms. The van der Waals surface area contributed by atoms with Crippen LogP contribution in [0.1, 0.15) is 26.6 Å². The van der Waals surface area contributed by atoms with Gasteiger partial charge < -0.3 is 9.30 Å². The lowest BCUT2D eigenvalue weighted by atomic mass is 10.1. The van der Waals surface area contributed by atoms with Gasteiger partial charge in [0.15, 0.2) is 5.03 Å². The summed E-state index contributed by atoms with van der Waals surface area (Å²) >= 11 is 0. The van der Waals surface area contributed by atoms with Gasteiger partial charge >= 0.3 is 0 Å². The monoisotopic (exact) mass is 289 g/mol. The van der Waals surface area contributed by atoms with E-state index in [2.05, 4.69) is 9.71 Å². The Hall–Kier alpha value is -0.920. The van der Waals surface area contributed by atoms with E-state index in [9.17, 15) is 8.42 Å². The molecule has 6 nitrogen and oxygen atoms in total. The molecule has 0 aliphatic rings. The summed E-state index contributed by atoms with van der Waals surface area (Å²) in [5.41, 5.74) is 0. The van der Waals surface area contributed by atoms with Gasteiger partial charge in [0.25, 0.3) is 10.0 Å². The van der Waals surface area contributed by atoms with Crippen molar-refractivity contribution in [3.63, 3.8) is 0 Å². The van der Waals surface area contributed by atoms with Gasteiger partial charge in [-0.3, -0.25) is 0 Å². The van der Waals surface area contributed by atoms with E-state index in [0.717, 1.165) is 0 Å². The summed E-state index contributed by atoms with van der Waals surface area (Å²) in [5.74, 6) is 0.928.